The Balaban J connectivity index is 2.47. The van der Waals surface area contributed by atoms with Gasteiger partial charge in [0.1, 0.15) is 0 Å². The van der Waals surface area contributed by atoms with E-state index in [0.29, 0.717) is 0 Å². The molecule has 0 aliphatic carbocycles. The average Bonchev–Trinajstić information content (AvgIpc) is 2.67. The normalized spacial score (nSPS) is 10.4. The highest BCUT2D eigenvalue weighted by Gasteiger charge is 2.23. The van der Waals surface area contributed by atoms with E-state index in [1.807, 2.05) is 12.1 Å². The molecule has 0 saturated carbocycles. The van der Waals surface area contributed by atoms with Crippen LogP contribution in [0, 0.1) is 0 Å². The molecule has 0 atom stereocenters. The third-order valence-electron chi connectivity index (χ3n) is 3.14. The van der Waals surface area contributed by atoms with Crippen LogP contribution >= 0.6 is 35.8 Å². The van der Waals surface area contributed by atoms with E-state index in [0.717, 1.165) is 34.6 Å². The van der Waals surface area contributed by atoms with Crippen LogP contribution in [0.5, 0.6) is 0 Å². The van der Waals surface area contributed by atoms with Crippen molar-refractivity contribution in [1.29, 1.82) is 0 Å². The molecule has 0 heterocycles. The summed E-state index contributed by atoms with van der Waals surface area (Å²) in [7, 11) is 0. The minimum Gasteiger partial charge on any atom is -0.253 e. The van der Waals surface area contributed by atoms with Gasteiger partial charge in [-0.1, -0.05) is 57.2 Å². The molecule has 3 nitrogen and oxygen atoms in total. The van der Waals surface area contributed by atoms with Gasteiger partial charge in [0.2, 0.25) is 5.96 Å². The second kappa shape index (κ2) is 11.4. The molecule has 0 aromatic heterocycles. The van der Waals surface area contributed by atoms with E-state index in [-0.39, 0.29) is 0 Å². The van der Waals surface area contributed by atoms with E-state index in [1.165, 1.54) is 0 Å². The number of nitrogens with zero attached hydrogens (tertiary/aromatic N) is 3. The van der Waals surface area contributed by atoms with Gasteiger partial charge in [-0.15, -0.1) is 0 Å². The van der Waals surface area contributed by atoms with Gasteiger partial charge in [-0.2, -0.15) is 4.40 Å². The Kier molecular flexibility index (Phi) is 9.15. The van der Waals surface area contributed by atoms with Gasteiger partial charge >= 0.3 is 0 Å². The lowest BCUT2D eigenvalue weighted by molar-refractivity contribution is 1.37. The zero-order chi connectivity index (χ0) is 17.9. The second-order valence-corrected chi connectivity index (χ2v) is 8.32. The van der Waals surface area contributed by atoms with Crippen molar-refractivity contribution in [2.24, 2.45) is 4.40 Å². The highest BCUT2D eigenvalue weighted by Crippen LogP contribution is 2.31. The number of hydrogen-bond donors (Lipinski definition) is 0. The molecule has 0 radical (unpaired) electrons. The van der Waals surface area contributed by atoms with E-state index in [4.69, 9.17) is 4.40 Å². The largest absolute Gasteiger partial charge is 0.253 e. The van der Waals surface area contributed by atoms with E-state index in [2.05, 4.69) is 77.9 Å². The van der Waals surface area contributed by atoms with Crippen LogP contribution in [0.15, 0.2) is 65.1 Å². The van der Waals surface area contributed by atoms with Crippen molar-refractivity contribution in [1.82, 2.24) is 0 Å². The molecule has 0 aliphatic heterocycles. The van der Waals surface area contributed by atoms with Crippen LogP contribution in [0.25, 0.3) is 0 Å². The van der Waals surface area contributed by atoms with Gasteiger partial charge in [-0.05, 0) is 60.1 Å². The molecule has 0 amide bonds. The summed E-state index contributed by atoms with van der Waals surface area (Å²) in [6, 6.07) is 20.9. The van der Waals surface area contributed by atoms with Crippen molar-refractivity contribution in [3.8, 4) is 0 Å². The lowest BCUT2D eigenvalue weighted by atomic mass is 10.3. The zero-order valence-electron chi connectivity index (χ0n) is 15.0. The maximum absolute atomic E-state index is 4.88. The SMILES string of the molecule is CCSN=C(N(SCC)c1ccccc1)N(SCC)c1ccccc1. The molecule has 134 valence electrons. The fourth-order valence-electron chi connectivity index (χ4n) is 2.16. The van der Waals surface area contributed by atoms with E-state index >= 15 is 0 Å². The highest BCUT2D eigenvalue weighted by molar-refractivity contribution is 8.03. The minimum atomic E-state index is 0.947. The zero-order valence-corrected chi connectivity index (χ0v) is 17.4. The van der Waals surface area contributed by atoms with Gasteiger partial charge in [0.25, 0.3) is 0 Å². The van der Waals surface area contributed by atoms with Gasteiger partial charge in [0, 0.05) is 17.3 Å². The molecule has 2 aromatic rings. The molecule has 0 N–H and O–H groups in total. The summed E-state index contributed by atoms with van der Waals surface area (Å²) in [4.78, 5) is 0. The maximum Gasteiger partial charge on any atom is 0.238 e. The quantitative estimate of drug-likeness (QED) is 0.295. The number of hydrogen-bond acceptors (Lipinski definition) is 4. The smallest absolute Gasteiger partial charge is 0.238 e. The minimum absolute atomic E-state index is 0.947. The Morgan fingerprint density at radius 1 is 0.720 bits per heavy atom. The van der Waals surface area contributed by atoms with Crippen LogP contribution < -0.4 is 8.61 Å². The fourth-order valence-corrected chi connectivity index (χ4v) is 4.26. The summed E-state index contributed by atoms with van der Waals surface area (Å²) in [5.74, 6) is 3.85. The topological polar surface area (TPSA) is 18.8 Å². The maximum atomic E-state index is 4.88. The van der Waals surface area contributed by atoms with Crippen LogP contribution in [0.4, 0.5) is 11.4 Å². The molecule has 0 unspecified atom stereocenters. The molecule has 0 bridgehead atoms. The first-order valence-corrected chi connectivity index (χ1v) is 11.3. The standard InChI is InChI=1S/C19H25N3S3/c1-4-23-20-19(21(24-5-2)17-13-9-7-10-14-17)22(25-6-3)18-15-11-8-12-16-18/h7-16H,4-6H2,1-3H3. The van der Waals surface area contributed by atoms with E-state index in [1.54, 1.807) is 35.8 Å². The predicted molar refractivity (Wildman–Crippen MR) is 120 cm³/mol. The fraction of sp³-hybridized carbons (Fsp3) is 0.316. The molecule has 2 aromatic carbocycles. The monoisotopic (exact) mass is 391 g/mol. The molecule has 0 saturated heterocycles. The van der Waals surface area contributed by atoms with E-state index < -0.39 is 0 Å². The first-order valence-electron chi connectivity index (χ1n) is 8.47. The first kappa shape index (κ1) is 20.1. The summed E-state index contributed by atoms with van der Waals surface area (Å²) in [6.07, 6.45) is 0. The summed E-state index contributed by atoms with van der Waals surface area (Å²) in [6.45, 7) is 6.47. The third-order valence-corrected chi connectivity index (χ3v) is 5.47. The van der Waals surface area contributed by atoms with Crippen LogP contribution in [-0.2, 0) is 0 Å². The van der Waals surface area contributed by atoms with Gasteiger partial charge in [-0.25, -0.2) is 0 Å². The molecule has 2 rings (SSSR count). The highest BCUT2D eigenvalue weighted by atomic mass is 32.2. The molecule has 25 heavy (non-hydrogen) atoms. The van der Waals surface area contributed by atoms with E-state index in [9.17, 15) is 0 Å². The Morgan fingerprint density at radius 3 is 1.52 bits per heavy atom. The first-order chi connectivity index (χ1) is 12.3. The van der Waals surface area contributed by atoms with Crippen molar-refractivity contribution < 1.29 is 0 Å². The summed E-state index contributed by atoms with van der Waals surface area (Å²) >= 11 is 5.13. The lowest BCUT2D eigenvalue weighted by Crippen LogP contribution is -2.37. The lowest BCUT2D eigenvalue weighted by Gasteiger charge is -2.32. The van der Waals surface area contributed by atoms with Gasteiger partial charge in [-0.3, -0.25) is 8.61 Å². The van der Waals surface area contributed by atoms with Crippen LogP contribution in [0.1, 0.15) is 20.8 Å². The number of benzene rings is 2. The van der Waals surface area contributed by atoms with Crippen molar-refractivity contribution in [2.75, 3.05) is 25.9 Å². The summed E-state index contributed by atoms with van der Waals surface area (Å²) < 4.78 is 9.35. The number of rotatable bonds is 8. The molecule has 0 fully saturated rings. The van der Waals surface area contributed by atoms with Gasteiger partial charge in [0.15, 0.2) is 0 Å². The predicted octanol–water partition coefficient (Wildman–Crippen LogP) is 6.36. The Bertz CT molecular complexity index is 583. The molecular weight excluding hydrogens is 366 g/mol. The number of guanidine groups is 1. The van der Waals surface area contributed by atoms with Crippen molar-refractivity contribution in [3.63, 3.8) is 0 Å². The van der Waals surface area contributed by atoms with Crippen LogP contribution in [-0.4, -0.2) is 23.2 Å². The van der Waals surface area contributed by atoms with Gasteiger partial charge in [0.05, 0.1) is 11.4 Å². The number of para-hydroxylation sites is 2. The van der Waals surface area contributed by atoms with Crippen molar-refractivity contribution in [3.05, 3.63) is 60.7 Å². The second-order valence-electron chi connectivity index (χ2n) is 4.90. The summed E-state index contributed by atoms with van der Waals surface area (Å²) in [5.41, 5.74) is 2.28. The van der Waals surface area contributed by atoms with Gasteiger partial charge < -0.3 is 0 Å². The van der Waals surface area contributed by atoms with Crippen LogP contribution in [0.3, 0.4) is 0 Å². The molecular formula is C19H25N3S3. The Labute approximate surface area is 164 Å². The third kappa shape index (κ3) is 5.90. The van der Waals surface area contributed by atoms with Crippen molar-refractivity contribution >= 4 is 53.2 Å². The average molecular weight is 392 g/mol. The molecule has 0 spiro atoms. The molecule has 6 heteroatoms. The summed E-state index contributed by atoms with van der Waals surface area (Å²) in [5, 5.41) is 0. The Hall–Kier alpha value is -1.24. The van der Waals surface area contributed by atoms with Crippen LogP contribution in [0.2, 0.25) is 0 Å². The number of anilines is 2. The molecule has 0 aliphatic rings. The van der Waals surface area contributed by atoms with Crippen molar-refractivity contribution in [2.45, 2.75) is 20.8 Å². The Morgan fingerprint density at radius 2 is 1.16 bits per heavy atom.